The van der Waals surface area contributed by atoms with E-state index in [0.29, 0.717) is 31.4 Å². The first kappa shape index (κ1) is 49.2. The molecule has 0 bridgehead atoms. The quantitative estimate of drug-likeness (QED) is 0.0384. The SMILES string of the molecule is CSc1ncc(C)c(-c2cn(COCC[Si](C)(C)C)c3nc(-c4nnc(C)s4)ccc23)n1.Cc1nnc(-c2ccc3c(-c4nc(S(C)(=O)=O)ncc4C)cn(COCC[Si](C)(C)C)c3n2)s1. The van der Waals surface area contributed by atoms with E-state index < -0.39 is 26.0 Å². The zero-order valence-electron chi connectivity index (χ0n) is 39.5. The van der Waals surface area contributed by atoms with Gasteiger partial charge in [0.1, 0.15) is 46.2 Å². The number of ether oxygens (including phenoxy) is 2. The molecule has 8 aromatic rings. The van der Waals surface area contributed by atoms with Crippen LogP contribution in [-0.4, -0.2) is 110 Å². The van der Waals surface area contributed by atoms with E-state index in [9.17, 15) is 8.42 Å². The number of hydrogen-bond acceptors (Lipinski definition) is 17. The Bertz CT molecular complexity index is 3120. The molecule has 0 saturated heterocycles. The normalized spacial score (nSPS) is 12.3. The zero-order valence-corrected chi connectivity index (χ0v) is 44.8. The first-order valence-corrected chi connectivity index (χ1v) is 33.5. The van der Waals surface area contributed by atoms with Crippen LogP contribution in [0.3, 0.4) is 0 Å². The van der Waals surface area contributed by atoms with E-state index >= 15 is 0 Å². The molecule has 16 nitrogen and oxygen atoms in total. The summed E-state index contributed by atoms with van der Waals surface area (Å²) in [6, 6.07) is 10.2. The molecule has 0 fully saturated rings. The molecule has 66 heavy (non-hydrogen) atoms. The van der Waals surface area contributed by atoms with Gasteiger partial charge in [-0.05, 0) is 81.4 Å². The van der Waals surface area contributed by atoms with Gasteiger partial charge in [-0.25, -0.2) is 38.3 Å². The Labute approximate surface area is 400 Å². The standard InChI is InChI=1S/C22H28N6O3S2Si.C22H28N6OS2Si/c1-14-11-23-22(33(3,29)30)25-19(14)17-12-28(13-31-9-10-34(4,5)6)20-16(17)7-8-18(24-20)21-27-26-15(2)32-21;1-14-11-23-22(30-3)25-19(14)17-12-28(13-29-9-10-32(4,5)6)20-16(17)7-8-18(24-20)21-27-26-15(2)31-21/h7-8,11-12H,9-10,13H2,1-6H3;7-8,11-12H,9-10,13H2,1-6H3. The van der Waals surface area contributed by atoms with Crippen molar-refractivity contribution >= 4 is 82.5 Å². The summed E-state index contributed by atoms with van der Waals surface area (Å²) in [5.74, 6) is 0. The van der Waals surface area contributed by atoms with Crippen LogP contribution in [0.25, 0.3) is 66.0 Å². The average Bonchev–Trinajstić information content (AvgIpc) is 4.06. The van der Waals surface area contributed by atoms with Crippen LogP contribution >= 0.6 is 34.4 Å². The lowest BCUT2D eigenvalue weighted by Crippen LogP contribution is -2.22. The third-order valence-corrected chi connectivity index (χ3v) is 16.9. The predicted molar refractivity (Wildman–Crippen MR) is 271 cm³/mol. The number of aryl methyl sites for hydroxylation is 4. The van der Waals surface area contributed by atoms with Crippen molar-refractivity contribution < 1.29 is 17.9 Å². The monoisotopic (exact) mass is 1000 g/mol. The molecule has 8 aromatic heterocycles. The molecular weight excluding hydrogens is 945 g/mol. The van der Waals surface area contributed by atoms with Crippen molar-refractivity contribution in [2.45, 2.75) is 103 Å². The van der Waals surface area contributed by atoms with Gasteiger partial charge in [0, 0.05) is 82.3 Å². The van der Waals surface area contributed by atoms with Crippen LogP contribution in [-0.2, 0) is 32.8 Å². The van der Waals surface area contributed by atoms with Gasteiger partial charge in [0.25, 0.3) is 0 Å². The Hall–Kier alpha value is -4.69. The molecule has 0 aliphatic carbocycles. The van der Waals surface area contributed by atoms with Crippen molar-refractivity contribution in [2.75, 3.05) is 25.7 Å². The molecule has 0 aliphatic heterocycles. The van der Waals surface area contributed by atoms with Gasteiger partial charge in [-0.2, -0.15) is 0 Å². The zero-order chi connectivity index (χ0) is 47.6. The highest BCUT2D eigenvalue weighted by Gasteiger charge is 2.22. The molecule has 0 unspecified atom stereocenters. The largest absolute Gasteiger partial charge is 0.361 e. The van der Waals surface area contributed by atoms with Crippen LogP contribution in [0.4, 0.5) is 0 Å². The lowest BCUT2D eigenvalue weighted by atomic mass is 10.1. The Morgan fingerprint density at radius 2 is 1.09 bits per heavy atom. The summed E-state index contributed by atoms with van der Waals surface area (Å²) in [6.45, 7) is 24.0. The molecule has 0 amide bonds. The van der Waals surface area contributed by atoms with E-state index in [1.54, 1.807) is 23.1 Å². The molecular formula is C44H56N12O4S4Si2. The maximum Gasteiger partial charge on any atom is 0.247 e. The molecule has 348 valence electrons. The molecule has 0 atom stereocenters. The van der Waals surface area contributed by atoms with Crippen LogP contribution in [0.15, 0.2) is 59.4 Å². The number of nitrogens with zero attached hydrogens (tertiary/aromatic N) is 12. The minimum atomic E-state index is -3.55. The highest BCUT2D eigenvalue weighted by molar-refractivity contribution is 7.98. The van der Waals surface area contributed by atoms with Crippen LogP contribution in [0.5, 0.6) is 0 Å². The average molecular weight is 1000 g/mol. The number of thioether (sulfide) groups is 1. The number of rotatable bonds is 16. The highest BCUT2D eigenvalue weighted by atomic mass is 32.2. The van der Waals surface area contributed by atoms with Crippen molar-refractivity contribution in [2.24, 2.45) is 0 Å². The lowest BCUT2D eigenvalue weighted by molar-refractivity contribution is 0.0898. The molecule has 0 saturated carbocycles. The van der Waals surface area contributed by atoms with Crippen molar-refractivity contribution in [1.29, 1.82) is 0 Å². The maximum absolute atomic E-state index is 12.1. The van der Waals surface area contributed by atoms with E-state index in [1.807, 2.05) is 69.1 Å². The van der Waals surface area contributed by atoms with Crippen molar-refractivity contribution in [3.05, 3.63) is 70.2 Å². The van der Waals surface area contributed by atoms with Gasteiger partial charge in [0.05, 0.1) is 11.4 Å². The van der Waals surface area contributed by atoms with Gasteiger partial charge in [-0.1, -0.05) is 73.7 Å². The Morgan fingerprint density at radius 3 is 1.50 bits per heavy atom. The number of aromatic nitrogens is 12. The molecule has 0 N–H and O–H groups in total. The lowest BCUT2D eigenvalue weighted by Gasteiger charge is -2.15. The van der Waals surface area contributed by atoms with Crippen LogP contribution < -0.4 is 0 Å². The van der Waals surface area contributed by atoms with Gasteiger partial charge < -0.3 is 18.6 Å². The smallest absolute Gasteiger partial charge is 0.247 e. The molecule has 8 rings (SSSR count). The molecule has 0 spiro atoms. The molecule has 8 heterocycles. The number of hydrogen-bond donors (Lipinski definition) is 0. The van der Waals surface area contributed by atoms with Gasteiger partial charge in [-0.15, -0.1) is 20.4 Å². The van der Waals surface area contributed by atoms with Crippen molar-refractivity contribution in [1.82, 2.24) is 59.4 Å². The van der Waals surface area contributed by atoms with Crippen molar-refractivity contribution in [3.8, 4) is 43.9 Å². The van der Waals surface area contributed by atoms with E-state index in [1.165, 1.54) is 17.5 Å². The first-order valence-electron chi connectivity index (χ1n) is 21.4. The van der Waals surface area contributed by atoms with E-state index in [4.69, 9.17) is 24.4 Å². The Balaban J connectivity index is 0.000000197. The fourth-order valence-corrected chi connectivity index (χ4v) is 10.4. The fraction of sp³-hybridized carbons (Fsp3) is 0.409. The van der Waals surface area contributed by atoms with Crippen LogP contribution in [0.1, 0.15) is 21.1 Å². The second kappa shape index (κ2) is 20.3. The number of fused-ring (bicyclic) bond motifs is 2. The molecule has 0 radical (unpaired) electrons. The molecule has 22 heteroatoms. The first-order chi connectivity index (χ1) is 31.2. The minimum absolute atomic E-state index is 0.200. The van der Waals surface area contributed by atoms with Gasteiger partial charge in [-0.3, -0.25) is 0 Å². The van der Waals surface area contributed by atoms with E-state index in [2.05, 4.69) is 91.5 Å². The molecule has 0 aliphatic rings. The Morgan fingerprint density at radius 1 is 0.636 bits per heavy atom. The summed E-state index contributed by atoms with van der Waals surface area (Å²) in [5.41, 5.74) is 8.23. The Kier molecular flexibility index (Phi) is 15.1. The minimum Gasteiger partial charge on any atom is -0.361 e. The van der Waals surface area contributed by atoms with E-state index in [0.717, 1.165) is 106 Å². The van der Waals surface area contributed by atoms with E-state index in [-0.39, 0.29) is 5.16 Å². The maximum atomic E-state index is 12.1. The van der Waals surface area contributed by atoms with Gasteiger partial charge in [0.15, 0.2) is 15.2 Å². The van der Waals surface area contributed by atoms with Crippen LogP contribution in [0, 0.1) is 27.7 Å². The third-order valence-electron chi connectivity index (χ3n) is 10.3. The summed E-state index contributed by atoms with van der Waals surface area (Å²) < 4.78 is 40.3. The van der Waals surface area contributed by atoms with Gasteiger partial charge >= 0.3 is 0 Å². The molecule has 0 aromatic carbocycles. The third kappa shape index (κ3) is 12.1. The highest BCUT2D eigenvalue weighted by Crippen LogP contribution is 2.35. The second-order valence-corrected chi connectivity index (χ2v) is 34.7. The number of sulfone groups is 1. The summed E-state index contributed by atoms with van der Waals surface area (Å²) >= 11 is 4.57. The summed E-state index contributed by atoms with van der Waals surface area (Å²) in [5, 5.41) is 22.5. The summed E-state index contributed by atoms with van der Waals surface area (Å²) in [4.78, 5) is 27.4. The topological polar surface area (TPSA) is 191 Å². The summed E-state index contributed by atoms with van der Waals surface area (Å²) in [7, 11) is -5.91. The second-order valence-electron chi connectivity index (χ2n) is 18.5. The fourth-order valence-electron chi connectivity index (χ4n) is 6.70. The van der Waals surface area contributed by atoms with Crippen molar-refractivity contribution in [3.63, 3.8) is 0 Å². The summed E-state index contributed by atoms with van der Waals surface area (Å²) in [6.07, 6.45) is 10.5. The predicted octanol–water partition coefficient (Wildman–Crippen LogP) is 10.0. The number of pyridine rings is 2. The van der Waals surface area contributed by atoms with Gasteiger partial charge in [0.2, 0.25) is 15.0 Å². The van der Waals surface area contributed by atoms with Crippen LogP contribution in [0.2, 0.25) is 51.4 Å².